The molecule has 0 radical (unpaired) electrons. The predicted molar refractivity (Wildman–Crippen MR) is 104 cm³/mol. The van der Waals surface area contributed by atoms with Gasteiger partial charge in [0.2, 0.25) is 0 Å². The van der Waals surface area contributed by atoms with E-state index in [-0.39, 0.29) is 22.0 Å². The number of nitrogens with zero attached hydrogens (tertiary/aromatic N) is 2. The summed E-state index contributed by atoms with van der Waals surface area (Å²) in [5.41, 5.74) is 2.37. The van der Waals surface area contributed by atoms with E-state index in [0.29, 0.717) is 16.4 Å². The zero-order valence-electron chi connectivity index (χ0n) is 15.3. The summed E-state index contributed by atoms with van der Waals surface area (Å²) in [4.78, 5) is 17.8. The van der Waals surface area contributed by atoms with Crippen molar-refractivity contribution in [1.29, 1.82) is 5.26 Å². The van der Waals surface area contributed by atoms with Crippen LogP contribution < -0.4 is 0 Å². The molecule has 0 amide bonds. The Hall–Kier alpha value is -2.12. The van der Waals surface area contributed by atoms with Crippen molar-refractivity contribution in [3.05, 3.63) is 48.0 Å². The lowest BCUT2D eigenvalue weighted by Gasteiger charge is -2.37. The fourth-order valence-corrected chi connectivity index (χ4v) is 6.25. The Labute approximate surface area is 158 Å². The molecular weight excluding hydrogens is 340 g/mol. The van der Waals surface area contributed by atoms with Crippen LogP contribution >= 0.6 is 11.8 Å². The zero-order valence-corrected chi connectivity index (χ0v) is 16.1. The van der Waals surface area contributed by atoms with Gasteiger partial charge in [-0.05, 0) is 35.8 Å². The van der Waals surface area contributed by atoms with Gasteiger partial charge in [-0.3, -0.25) is 4.79 Å². The van der Waals surface area contributed by atoms with E-state index < -0.39 is 0 Å². The topological polar surface area (TPSA) is 53.8 Å². The minimum Gasteiger partial charge on any atom is -0.298 e. The highest BCUT2D eigenvalue weighted by Gasteiger charge is 2.66. The molecule has 2 aliphatic rings. The van der Waals surface area contributed by atoms with Gasteiger partial charge in [0.15, 0.2) is 0 Å². The number of nitriles is 1. The number of carbonyl (C=O) groups excluding carboxylic acids is 1. The number of benzene rings is 1. The number of pyridine rings is 1. The van der Waals surface area contributed by atoms with Crippen LogP contribution in [0.15, 0.2) is 47.5 Å². The fraction of sp³-hybridized carbons (Fsp3) is 0.409. The number of aromatic nitrogens is 1. The number of rotatable bonds is 3. The lowest BCUT2D eigenvalue weighted by molar-refractivity contribution is -0.122. The Morgan fingerprint density at radius 2 is 1.88 bits per heavy atom. The summed E-state index contributed by atoms with van der Waals surface area (Å²) >= 11 is 1.50. The summed E-state index contributed by atoms with van der Waals surface area (Å²) in [6, 6.07) is 15.9. The molecule has 2 fully saturated rings. The second-order valence-corrected chi connectivity index (χ2v) is 9.25. The van der Waals surface area contributed by atoms with Gasteiger partial charge in [0.1, 0.15) is 16.9 Å². The van der Waals surface area contributed by atoms with E-state index in [1.54, 1.807) is 0 Å². The van der Waals surface area contributed by atoms with Gasteiger partial charge in [-0.2, -0.15) is 5.26 Å². The number of carbonyl (C=O) groups is 1. The van der Waals surface area contributed by atoms with Gasteiger partial charge in [0.25, 0.3) is 0 Å². The van der Waals surface area contributed by atoms with Crippen LogP contribution in [0.2, 0.25) is 0 Å². The van der Waals surface area contributed by atoms with Crippen molar-refractivity contribution < 1.29 is 4.79 Å². The molecule has 26 heavy (non-hydrogen) atoms. The van der Waals surface area contributed by atoms with Gasteiger partial charge >= 0.3 is 0 Å². The molecule has 132 valence electrons. The Morgan fingerprint density at radius 3 is 2.50 bits per heavy atom. The van der Waals surface area contributed by atoms with Crippen molar-refractivity contribution >= 4 is 17.5 Å². The van der Waals surface area contributed by atoms with E-state index in [4.69, 9.17) is 4.98 Å². The molecule has 3 nitrogen and oxygen atoms in total. The lowest BCUT2D eigenvalue weighted by atomic mass is 9.71. The van der Waals surface area contributed by atoms with Crippen molar-refractivity contribution in [2.45, 2.75) is 43.9 Å². The SMILES string of the molecule is CC1(C)[C@H]2CC[C@@]1(C)[C@H](Sc1nc(-c3ccccc3)ccc1C#N)C2=O. The van der Waals surface area contributed by atoms with Gasteiger partial charge in [0.05, 0.1) is 16.5 Å². The Balaban J connectivity index is 1.73. The third-order valence-corrected chi connectivity index (χ3v) is 8.28. The molecule has 3 atom stereocenters. The average Bonchev–Trinajstić information content (AvgIpc) is 2.96. The molecule has 2 aromatic rings. The molecule has 0 saturated heterocycles. The molecule has 0 unspecified atom stereocenters. The average molecular weight is 362 g/mol. The molecule has 2 bridgehead atoms. The van der Waals surface area contributed by atoms with Crippen molar-refractivity contribution in [3.63, 3.8) is 0 Å². The van der Waals surface area contributed by atoms with E-state index in [0.717, 1.165) is 24.1 Å². The minimum absolute atomic E-state index is 0.00555. The summed E-state index contributed by atoms with van der Waals surface area (Å²) in [5, 5.41) is 10.1. The molecule has 0 aliphatic heterocycles. The van der Waals surface area contributed by atoms with Crippen LogP contribution in [0.4, 0.5) is 0 Å². The zero-order chi connectivity index (χ0) is 18.5. The molecule has 1 aromatic heterocycles. The van der Waals surface area contributed by atoms with Gasteiger partial charge in [-0.1, -0.05) is 62.9 Å². The van der Waals surface area contributed by atoms with Crippen LogP contribution in [0.1, 0.15) is 39.2 Å². The lowest BCUT2D eigenvalue weighted by Crippen LogP contribution is -2.35. The first-order chi connectivity index (χ1) is 12.4. The number of hydrogen-bond acceptors (Lipinski definition) is 4. The molecule has 2 aliphatic carbocycles. The third-order valence-electron chi connectivity index (χ3n) is 6.76. The number of fused-ring (bicyclic) bond motifs is 2. The maximum Gasteiger partial charge on any atom is 0.150 e. The normalized spacial score (nSPS) is 28.9. The highest BCUT2D eigenvalue weighted by Crippen LogP contribution is 2.67. The largest absolute Gasteiger partial charge is 0.298 e. The number of Topliss-reactive ketones (excluding diaryl/α,β-unsaturated/α-hetero) is 1. The quantitative estimate of drug-likeness (QED) is 0.762. The summed E-state index contributed by atoms with van der Waals surface area (Å²) in [5.74, 6) is 0.470. The van der Waals surface area contributed by atoms with E-state index in [2.05, 4.69) is 26.8 Å². The summed E-state index contributed by atoms with van der Waals surface area (Å²) in [6.07, 6.45) is 2.05. The van der Waals surface area contributed by atoms with Gasteiger partial charge < -0.3 is 0 Å². The second kappa shape index (κ2) is 5.96. The van der Waals surface area contributed by atoms with Crippen LogP contribution in [-0.2, 0) is 4.79 Å². The fourth-order valence-electron chi connectivity index (χ4n) is 4.67. The Bertz CT molecular complexity index is 915. The van der Waals surface area contributed by atoms with E-state index >= 15 is 0 Å². The summed E-state index contributed by atoms with van der Waals surface area (Å²) < 4.78 is 0. The second-order valence-electron chi connectivity index (χ2n) is 8.16. The Morgan fingerprint density at radius 1 is 1.15 bits per heavy atom. The first-order valence-corrected chi connectivity index (χ1v) is 9.93. The monoisotopic (exact) mass is 362 g/mol. The van der Waals surface area contributed by atoms with E-state index in [1.165, 1.54) is 11.8 Å². The van der Waals surface area contributed by atoms with Crippen molar-refractivity contribution in [2.75, 3.05) is 0 Å². The Kier molecular flexibility index (Phi) is 3.96. The van der Waals surface area contributed by atoms with Gasteiger partial charge in [-0.15, -0.1) is 0 Å². The molecule has 0 N–H and O–H groups in total. The van der Waals surface area contributed by atoms with Crippen molar-refractivity contribution in [3.8, 4) is 17.3 Å². The summed E-state index contributed by atoms with van der Waals surface area (Å²) in [6.45, 7) is 6.69. The highest BCUT2D eigenvalue weighted by molar-refractivity contribution is 8.00. The van der Waals surface area contributed by atoms with Gasteiger partial charge in [-0.25, -0.2) is 4.98 Å². The molecule has 4 rings (SSSR count). The number of hydrogen-bond donors (Lipinski definition) is 0. The third kappa shape index (κ3) is 2.34. The van der Waals surface area contributed by atoms with E-state index in [9.17, 15) is 10.1 Å². The predicted octanol–water partition coefficient (Wildman–Crippen LogP) is 5.11. The first-order valence-electron chi connectivity index (χ1n) is 9.05. The maximum atomic E-state index is 13.0. The highest BCUT2D eigenvalue weighted by atomic mass is 32.2. The summed E-state index contributed by atoms with van der Waals surface area (Å²) in [7, 11) is 0. The standard InChI is InChI=1S/C22H22N2OS/c1-21(2)16-11-12-22(21,3)19(18(16)25)26-20-15(13-23)9-10-17(24-20)14-7-5-4-6-8-14/h4-10,16,19H,11-12H2,1-3H3/t16-,19+,22-/m0/s1. The first kappa shape index (κ1) is 17.3. The van der Waals surface area contributed by atoms with Crippen molar-refractivity contribution in [1.82, 2.24) is 4.98 Å². The molecule has 4 heteroatoms. The van der Waals surface area contributed by atoms with Crippen LogP contribution in [0.25, 0.3) is 11.3 Å². The van der Waals surface area contributed by atoms with Crippen LogP contribution in [0, 0.1) is 28.1 Å². The number of thioether (sulfide) groups is 1. The molecular formula is C22H22N2OS. The van der Waals surface area contributed by atoms with Crippen molar-refractivity contribution in [2.24, 2.45) is 16.7 Å². The smallest absolute Gasteiger partial charge is 0.150 e. The van der Waals surface area contributed by atoms with Crippen LogP contribution in [-0.4, -0.2) is 16.0 Å². The van der Waals surface area contributed by atoms with Crippen LogP contribution in [0.5, 0.6) is 0 Å². The van der Waals surface area contributed by atoms with Gasteiger partial charge in [0, 0.05) is 11.5 Å². The van der Waals surface area contributed by atoms with Crippen LogP contribution in [0.3, 0.4) is 0 Å². The molecule has 2 saturated carbocycles. The number of ketones is 1. The molecule has 1 heterocycles. The maximum absolute atomic E-state index is 13.0. The van der Waals surface area contributed by atoms with E-state index in [1.807, 2.05) is 42.5 Å². The molecule has 0 spiro atoms. The minimum atomic E-state index is -0.123. The molecule has 1 aromatic carbocycles.